The number of rotatable bonds is 17. The van der Waals surface area contributed by atoms with Crippen molar-refractivity contribution in [3.8, 4) is 23.0 Å². The van der Waals surface area contributed by atoms with E-state index in [4.69, 9.17) is 29.2 Å². The summed E-state index contributed by atoms with van der Waals surface area (Å²) in [4.78, 5) is 49.7. The molecule has 4 N–H and O–H groups in total. The molecule has 0 saturated carbocycles. The molecule has 0 saturated heterocycles. The number of benzene rings is 6. The molecule has 6 aromatic carbocycles. The number of fused-ring (bicyclic) bond motifs is 4. The molecule has 2 amide bonds. The zero-order valence-corrected chi connectivity index (χ0v) is 46.1. The van der Waals surface area contributed by atoms with E-state index in [0.29, 0.717) is 62.6 Å². The maximum absolute atomic E-state index is 13.9. The van der Waals surface area contributed by atoms with Gasteiger partial charge < -0.3 is 38.3 Å². The molecule has 2 aliphatic heterocycles. The van der Waals surface area contributed by atoms with Crippen LogP contribution in [0.1, 0.15) is 102 Å². The van der Waals surface area contributed by atoms with Crippen LogP contribution in [-0.2, 0) is 59.7 Å². The van der Waals surface area contributed by atoms with Crippen LogP contribution in [0.5, 0.6) is 23.0 Å². The molecule has 8 aromatic rings. The average Bonchev–Trinajstić information content (AvgIpc) is 4.29. The van der Waals surface area contributed by atoms with Gasteiger partial charge >= 0.3 is 11.9 Å². The molecular formula is C60H58N4O14S2. The minimum absolute atomic E-state index is 0.00101. The number of sulfonamides is 2. The highest BCUT2D eigenvalue weighted by molar-refractivity contribution is 7.90. The number of carboxylic acids is 2. The van der Waals surface area contributed by atoms with Crippen LogP contribution in [0.4, 0.5) is 0 Å². The maximum Gasteiger partial charge on any atom is 0.328 e. The van der Waals surface area contributed by atoms with E-state index in [1.54, 1.807) is 98.3 Å². The van der Waals surface area contributed by atoms with Gasteiger partial charge in [-0.1, -0.05) is 88.4 Å². The SMILES string of the molecule is CC(C)c1ccc(S(=O)(=O)NC(=O)C(c2ccc3c(c2)OCO3)c2cn(C)c3cc(/C=C/C(=O)O)ccc23)cc1.CC(C)c1ccc(S(=O)(=O)NC(=O)C(c2ccc3c(c2)OCO3)c2cn(C)c3cc(CCC(=O)O)ccc23)cc1. The zero-order chi connectivity index (χ0) is 57.2. The zero-order valence-electron chi connectivity index (χ0n) is 44.5. The minimum Gasteiger partial charge on any atom is -0.481 e. The summed E-state index contributed by atoms with van der Waals surface area (Å²) in [6.07, 6.45) is 6.46. The second kappa shape index (κ2) is 22.8. The molecular weight excluding hydrogens is 1060 g/mol. The summed E-state index contributed by atoms with van der Waals surface area (Å²) in [7, 11) is -4.70. The van der Waals surface area contributed by atoms with E-state index in [2.05, 4.69) is 9.44 Å². The normalized spacial score (nSPS) is 13.6. The molecule has 20 heteroatoms. The first-order valence-corrected chi connectivity index (χ1v) is 28.5. The van der Waals surface area contributed by atoms with Crippen molar-refractivity contribution in [3.63, 3.8) is 0 Å². The van der Waals surface area contributed by atoms with Crippen LogP contribution in [0.3, 0.4) is 0 Å². The molecule has 2 atom stereocenters. The number of ether oxygens (including phenoxy) is 4. The second-order valence-electron chi connectivity index (χ2n) is 20.1. The van der Waals surface area contributed by atoms with E-state index >= 15 is 0 Å². The molecule has 0 bridgehead atoms. The van der Waals surface area contributed by atoms with Gasteiger partial charge in [0.15, 0.2) is 23.0 Å². The summed E-state index contributed by atoms with van der Waals surface area (Å²) in [5, 5.41) is 19.5. The van der Waals surface area contributed by atoms with Crippen molar-refractivity contribution in [2.45, 2.75) is 74.0 Å². The first-order chi connectivity index (χ1) is 38.1. The van der Waals surface area contributed by atoms with E-state index < -0.39 is 55.6 Å². The number of aliphatic carboxylic acids is 2. The second-order valence-corrected chi connectivity index (χ2v) is 23.4. The number of amides is 2. The molecule has 0 spiro atoms. The van der Waals surface area contributed by atoms with Crippen LogP contribution in [-0.4, -0.2) is 73.5 Å². The van der Waals surface area contributed by atoms with Gasteiger partial charge in [-0.3, -0.25) is 14.4 Å². The standard InChI is InChI=1S/C30H30N2O7S.C30H28N2O7S/c2*1-18(2)20-6-9-22(10-7-20)40(36,37)31-30(35)29(21-8-12-26-27(15-21)39-17-38-26)24-16-32(3)25-14-19(4-11-23(24)25)5-13-28(33)34/h4,6-12,14-16,18,29H,5,13,17H2,1-3H3,(H,31,35)(H,33,34);4-16,18,29H,17H2,1-3H3,(H,31,35)(H,33,34)/b;13-5+. The van der Waals surface area contributed by atoms with E-state index in [9.17, 15) is 36.0 Å². The molecule has 4 heterocycles. The van der Waals surface area contributed by atoms with Gasteiger partial charge in [-0.2, -0.15) is 0 Å². The fourth-order valence-electron chi connectivity index (χ4n) is 9.73. The van der Waals surface area contributed by atoms with Crippen molar-refractivity contribution in [1.29, 1.82) is 0 Å². The predicted molar refractivity (Wildman–Crippen MR) is 299 cm³/mol. The predicted octanol–water partition coefficient (Wildman–Crippen LogP) is 9.45. The van der Waals surface area contributed by atoms with Gasteiger partial charge in [-0.05, 0) is 130 Å². The molecule has 2 unspecified atom stereocenters. The summed E-state index contributed by atoms with van der Waals surface area (Å²) in [5.41, 5.74) is 7.26. The topological polar surface area (TPSA) is 248 Å². The van der Waals surface area contributed by atoms with Crippen molar-refractivity contribution in [3.05, 3.63) is 184 Å². The highest BCUT2D eigenvalue weighted by Crippen LogP contribution is 2.41. The molecule has 18 nitrogen and oxygen atoms in total. The molecule has 414 valence electrons. The minimum atomic E-state index is -4.17. The number of hydrogen-bond donors (Lipinski definition) is 4. The lowest BCUT2D eigenvalue weighted by Gasteiger charge is -2.18. The third-order valence-corrected chi connectivity index (χ3v) is 16.7. The Morgan fingerprint density at radius 1 is 0.550 bits per heavy atom. The largest absolute Gasteiger partial charge is 0.481 e. The van der Waals surface area contributed by atoms with Crippen molar-refractivity contribution < 1.29 is 65.2 Å². The lowest BCUT2D eigenvalue weighted by Crippen LogP contribution is -2.35. The quantitative estimate of drug-likeness (QED) is 0.0621. The average molecular weight is 1120 g/mol. The Morgan fingerprint density at radius 3 is 1.41 bits per heavy atom. The highest BCUT2D eigenvalue weighted by atomic mass is 32.2. The third-order valence-electron chi connectivity index (χ3n) is 14.0. The van der Waals surface area contributed by atoms with Crippen LogP contribution in [0, 0.1) is 0 Å². The van der Waals surface area contributed by atoms with Crippen LogP contribution in [0.15, 0.2) is 150 Å². The molecule has 2 aliphatic rings. The summed E-state index contributed by atoms with van der Waals surface area (Å²) >= 11 is 0. The maximum atomic E-state index is 13.9. The lowest BCUT2D eigenvalue weighted by atomic mass is 9.90. The van der Waals surface area contributed by atoms with Crippen LogP contribution in [0.25, 0.3) is 27.9 Å². The number of nitrogens with one attached hydrogen (secondary N) is 2. The number of carbonyl (C=O) groups is 4. The first-order valence-electron chi connectivity index (χ1n) is 25.5. The van der Waals surface area contributed by atoms with Crippen molar-refractivity contribution in [1.82, 2.24) is 18.6 Å². The number of nitrogens with zero attached hydrogens (tertiary/aromatic N) is 2. The van der Waals surface area contributed by atoms with E-state index in [0.717, 1.165) is 39.2 Å². The fourth-order valence-corrected chi connectivity index (χ4v) is 11.7. The van der Waals surface area contributed by atoms with Crippen LogP contribution >= 0.6 is 0 Å². The number of carboxylic acid groups (broad SMARTS) is 2. The van der Waals surface area contributed by atoms with Crippen molar-refractivity contribution >= 4 is 71.7 Å². The van der Waals surface area contributed by atoms with Gasteiger partial charge in [0.2, 0.25) is 25.4 Å². The number of carbonyl (C=O) groups excluding carboxylic acids is 2. The van der Waals surface area contributed by atoms with E-state index in [1.807, 2.05) is 62.1 Å². The molecule has 0 fully saturated rings. The summed E-state index contributed by atoms with van der Waals surface area (Å²) < 4.78 is 83.3. The molecule has 0 radical (unpaired) electrons. The third kappa shape index (κ3) is 12.1. The highest BCUT2D eigenvalue weighted by Gasteiger charge is 2.34. The molecule has 10 rings (SSSR count). The van der Waals surface area contributed by atoms with Crippen molar-refractivity contribution in [2.24, 2.45) is 14.1 Å². The summed E-state index contributed by atoms with van der Waals surface area (Å²) in [6, 6.07) is 34.0. The van der Waals surface area contributed by atoms with Gasteiger partial charge in [0, 0.05) is 60.8 Å². The van der Waals surface area contributed by atoms with Crippen LogP contribution in [0.2, 0.25) is 0 Å². The monoisotopic (exact) mass is 1120 g/mol. The van der Waals surface area contributed by atoms with Gasteiger partial charge in [-0.15, -0.1) is 0 Å². The van der Waals surface area contributed by atoms with Crippen LogP contribution < -0.4 is 28.4 Å². The summed E-state index contributed by atoms with van der Waals surface area (Å²) in [5.74, 6) is -2.91. The van der Waals surface area contributed by atoms with Gasteiger partial charge in [0.1, 0.15) is 0 Å². The Morgan fingerprint density at radius 2 is 0.975 bits per heavy atom. The number of aromatic nitrogens is 2. The number of aryl methyl sites for hydroxylation is 3. The smallest absolute Gasteiger partial charge is 0.328 e. The Balaban J connectivity index is 0.000000194. The van der Waals surface area contributed by atoms with E-state index in [1.165, 1.54) is 30.3 Å². The van der Waals surface area contributed by atoms with Gasteiger partial charge in [0.25, 0.3) is 20.0 Å². The molecule has 80 heavy (non-hydrogen) atoms. The molecule has 2 aromatic heterocycles. The fraction of sp³-hybridized carbons (Fsp3) is 0.233. The summed E-state index contributed by atoms with van der Waals surface area (Å²) in [6.45, 7) is 8.16. The lowest BCUT2D eigenvalue weighted by molar-refractivity contribution is -0.137. The Hall–Kier alpha value is -8.88. The Bertz CT molecular complexity index is 3970. The van der Waals surface area contributed by atoms with E-state index in [-0.39, 0.29) is 41.6 Å². The first kappa shape index (κ1) is 55.9. The Labute approximate surface area is 462 Å². The Kier molecular flexibility index (Phi) is 15.9. The van der Waals surface area contributed by atoms with Crippen molar-refractivity contribution in [2.75, 3.05) is 13.6 Å². The number of hydrogen-bond acceptors (Lipinski definition) is 12. The van der Waals surface area contributed by atoms with Gasteiger partial charge in [-0.25, -0.2) is 31.1 Å². The molecule has 0 aliphatic carbocycles. The van der Waals surface area contributed by atoms with Gasteiger partial charge in [0.05, 0.1) is 21.6 Å².